The number of carbonyl (C=O) groups is 3. The number of nitrogens with one attached hydrogen (secondary N) is 3. The molecule has 1 aromatic carbocycles. The molecule has 3 fully saturated rings. The van der Waals surface area contributed by atoms with Crippen LogP contribution in [0.4, 0.5) is 20.1 Å². The molecule has 1 aliphatic carbocycles. The van der Waals surface area contributed by atoms with Crippen LogP contribution in [-0.2, 0) is 16.0 Å². The van der Waals surface area contributed by atoms with E-state index in [1.54, 1.807) is 0 Å². The van der Waals surface area contributed by atoms with E-state index in [1.165, 1.54) is 11.1 Å². The predicted octanol–water partition coefficient (Wildman–Crippen LogP) is 3.80. The Bertz CT molecular complexity index is 1560. The highest BCUT2D eigenvalue weighted by Gasteiger charge is 2.50. The lowest BCUT2D eigenvalue weighted by Crippen LogP contribution is -2.68. The number of hydrazone groups is 1. The number of carbonyl (C=O) groups excluding carboxylic acids is 3. The van der Waals surface area contributed by atoms with E-state index in [4.69, 9.17) is 9.47 Å². The molecule has 3 saturated heterocycles. The summed E-state index contributed by atoms with van der Waals surface area (Å²) in [5, 5.41) is 10.8. The van der Waals surface area contributed by atoms with E-state index in [2.05, 4.69) is 38.2 Å². The lowest BCUT2D eigenvalue weighted by molar-refractivity contribution is -0.216. The number of benzene rings is 1. The molecule has 6 atom stereocenters. The Hall–Kier alpha value is -4.10. The molecule has 13 nitrogen and oxygen atoms in total. The summed E-state index contributed by atoms with van der Waals surface area (Å²) in [7, 11) is 0. The molecule has 256 valence electrons. The molecule has 3 N–H and O–H groups in total. The van der Waals surface area contributed by atoms with Gasteiger partial charge in [0, 0.05) is 63.0 Å². The van der Waals surface area contributed by atoms with Gasteiger partial charge in [0.05, 0.1) is 24.4 Å². The average molecular weight is 659 g/mol. The first kappa shape index (κ1) is 31.2. The van der Waals surface area contributed by atoms with Crippen molar-refractivity contribution >= 4 is 30.1 Å². The standard InChI is InChI=1S/C35H46N8O5/c1-35(2,3)48-34(46)41-15-12-24-17-30(41)43-20-26-21(8-9-28-25(26)18-36-39-28)16-29(31(43)47-24)38-32(44)40-13-10-23(11-14-40)42-19-22-6-4-5-7-27(22)37-33(42)45/h4-9,18,23-25,28-31,39H,10-17,19-20H2,1-3H3,(H,37,45)(H,38,44)/t24?,25?,28-,29?,30?,31?/m1/s1. The second-order valence-corrected chi connectivity index (χ2v) is 15.1. The van der Waals surface area contributed by atoms with E-state index in [0.717, 1.165) is 17.7 Å². The third kappa shape index (κ3) is 5.80. The average Bonchev–Trinajstić information content (AvgIpc) is 3.49. The maximum absolute atomic E-state index is 14.0. The van der Waals surface area contributed by atoms with Gasteiger partial charge in [0.1, 0.15) is 11.8 Å². The van der Waals surface area contributed by atoms with Gasteiger partial charge < -0.3 is 35.3 Å². The Morgan fingerprint density at radius 2 is 1.90 bits per heavy atom. The van der Waals surface area contributed by atoms with E-state index in [0.29, 0.717) is 58.4 Å². The number of anilines is 1. The van der Waals surface area contributed by atoms with Gasteiger partial charge in [0.2, 0.25) is 0 Å². The van der Waals surface area contributed by atoms with Gasteiger partial charge in [-0.2, -0.15) is 5.10 Å². The molecular formula is C35H46N8O5. The van der Waals surface area contributed by atoms with Crippen LogP contribution in [0.1, 0.15) is 58.4 Å². The van der Waals surface area contributed by atoms with Crippen molar-refractivity contribution < 1.29 is 23.9 Å². The molecule has 13 heteroatoms. The van der Waals surface area contributed by atoms with Crippen molar-refractivity contribution in [3.8, 4) is 0 Å². The number of amides is 5. The van der Waals surface area contributed by atoms with Crippen molar-refractivity contribution in [2.45, 2.75) is 102 Å². The molecule has 5 unspecified atom stereocenters. The molecule has 6 heterocycles. The normalized spacial score (nSPS) is 31.6. The predicted molar refractivity (Wildman–Crippen MR) is 179 cm³/mol. The van der Waals surface area contributed by atoms with Crippen LogP contribution in [0.5, 0.6) is 0 Å². The fourth-order valence-electron chi connectivity index (χ4n) is 8.45. The summed E-state index contributed by atoms with van der Waals surface area (Å²) >= 11 is 0. The number of para-hydroxylation sites is 1. The number of hydrogen-bond acceptors (Lipinski definition) is 8. The minimum atomic E-state index is -0.605. The van der Waals surface area contributed by atoms with Crippen molar-refractivity contribution in [1.82, 2.24) is 30.3 Å². The van der Waals surface area contributed by atoms with Gasteiger partial charge in [-0.25, -0.2) is 14.4 Å². The van der Waals surface area contributed by atoms with Crippen LogP contribution in [0.15, 0.2) is 52.7 Å². The summed E-state index contributed by atoms with van der Waals surface area (Å²) in [4.78, 5) is 48.3. The minimum absolute atomic E-state index is 0.0148. The summed E-state index contributed by atoms with van der Waals surface area (Å²) in [5.41, 5.74) is 7.01. The highest BCUT2D eigenvalue weighted by Crippen LogP contribution is 2.41. The molecule has 0 saturated carbocycles. The number of hydrogen-bond donors (Lipinski definition) is 3. The number of rotatable bonds is 2. The molecule has 0 spiro atoms. The van der Waals surface area contributed by atoms with Crippen molar-refractivity contribution in [2.24, 2.45) is 11.0 Å². The Kier molecular flexibility index (Phi) is 7.86. The number of fused-ring (bicyclic) bond motifs is 7. The van der Waals surface area contributed by atoms with Crippen LogP contribution < -0.4 is 16.1 Å². The third-order valence-electron chi connectivity index (χ3n) is 10.9. The Morgan fingerprint density at radius 3 is 2.71 bits per heavy atom. The molecule has 1 aromatic rings. The zero-order valence-electron chi connectivity index (χ0n) is 27.9. The molecule has 2 bridgehead atoms. The fourth-order valence-corrected chi connectivity index (χ4v) is 8.45. The number of allylic oxidation sites excluding steroid dienone is 1. The molecule has 48 heavy (non-hydrogen) atoms. The van der Waals surface area contributed by atoms with Crippen LogP contribution in [0.3, 0.4) is 0 Å². The zero-order chi connectivity index (χ0) is 33.2. The first-order valence-corrected chi connectivity index (χ1v) is 17.4. The van der Waals surface area contributed by atoms with E-state index in [1.807, 2.05) is 66.0 Å². The van der Waals surface area contributed by atoms with E-state index < -0.39 is 11.8 Å². The fraction of sp³-hybridized carbons (Fsp3) is 0.600. The Labute approximate surface area is 281 Å². The number of urea groups is 2. The van der Waals surface area contributed by atoms with Crippen LogP contribution in [-0.4, -0.2) is 112 Å². The van der Waals surface area contributed by atoms with Crippen molar-refractivity contribution in [1.29, 1.82) is 0 Å². The molecular weight excluding hydrogens is 612 g/mol. The van der Waals surface area contributed by atoms with E-state index in [-0.39, 0.29) is 54.5 Å². The first-order chi connectivity index (χ1) is 23.1. The second-order valence-electron chi connectivity index (χ2n) is 15.1. The highest BCUT2D eigenvalue weighted by atomic mass is 16.6. The Balaban J connectivity index is 1.00. The quantitative estimate of drug-likeness (QED) is 0.441. The van der Waals surface area contributed by atoms with Gasteiger partial charge in [-0.15, -0.1) is 0 Å². The highest BCUT2D eigenvalue weighted by molar-refractivity contribution is 5.92. The monoisotopic (exact) mass is 658 g/mol. The van der Waals surface area contributed by atoms with Crippen molar-refractivity contribution in [3.63, 3.8) is 0 Å². The molecule has 0 radical (unpaired) electrons. The molecule has 7 aliphatic rings. The molecule has 6 aliphatic heterocycles. The maximum atomic E-state index is 14.0. The SMILES string of the molecule is CC(C)(C)OC(=O)N1CCC2CC1N1CC3=C(C=C[C@H]4NN=CC34)CC(NC(=O)N3CCC(N4Cc5ccccc5NC4=O)CC3)C1O2. The van der Waals surface area contributed by atoms with Gasteiger partial charge in [-0.1, -0.05) is 30.4 Å². The zero-order valence-corrected chi connectivity index (χ0v) is 27.9. The largest absolute Gasteiger partial charge is 0.444 e. The van der Waals surface area contributed by atoms with Crippen LogP contribution >= 0.6 is 0 Å². The van der Waals surface area contributed by atoms with Gasteiger partial charge in [0.25, 0.3) is 0 Å². The summed E-state index contributed by atoms with van der Waals surface area (Å²) in [6, 6.07) is 7.53. The number of ether oxygens (including phenoxy) is 2. The van der Waals surface area contributed by atoms with Gasteiger partial charge in [-0.3, -0.25) is 9.80 Å². The second kappa shape index (κ2) is 12.1. The van der Waals surface area contributed by atoms with Gasteiger partial charge >= 0.3 is 18.2 Å². The molecule has 5 amide bonds. The van der Waals surface area contributed by atoms with E-state index >= 15 is 0 Å². The topological polar surface area (TPSA) is 131 Å². The third-order valence-corrected chi connectivity index (χ3v) is 10.9. The van der Waals surface area contributed by atoms with Crippen LogP contribution in [0, 0.1) is 5.92 Å². The minimum Gasteiger partial charge on any atom is -0.444 e. The first-order valence-electron chi connectivity index (χ1n) is 17.4. The van der Waals surface area contributed by atoms with Gasteiger partial charge in [-0.05, 0) is 69.2 Å². The summed E-state index contributed by atoms with van der Waals surface area (Å²) in [6.45, 7) is 8.53. The van der Waals surface area contributed by atoms with Crippen molar-refractivity contribution in [2.75, 3.05) is 31.5 Å². The Morgan fingerprint density at radius 1 is 1.08 bits per heavy atom. The van der Waals surface area contributed by atoms with Gasteiger partial charge in [0.15, 0.2) is 0 Å². The van der Waals surface area contributed by atoms with E-state index in [9.17, 15) is 14.4 Å². The number of nitrogens with zero attached hydrogens (tertiary/aromatic N) is 5. The van der Waals surface area contributed by atoms with Crippen molar-refractivity contribution in [3.05, 3.63) is 53.1 Å². The smallest absolute Gasteiger partial charge is 0.411 e. The maximum Gasteiger partial charge on any atom is 0.411 e. The molecule has 0 aromatic heterocycles. The lowest BCUT2D eigenvalue weighted by atomic mass is 9.83. The number of piperidine rings is 2. The lowest BCUT2D eigenvalue weighted by Gasteiger charge is -2.53. The van der Waals surface area contributed by atoms with Crippen LogP contribution in [0.2, 0.25) is 0 Å². The molecule has 8 rings (SSSR count). The summed E-state index contributed by atoms with van der Waals surface area (Å²) in [6.07, 6.45) is 8.79. The summed E-state index contributed by atoms with van der Waals surface area (Å²) < 4.78 is 12.7. The number of likely N-dealkylation sites (tertiary alicyclic amines) is 2. The summed E-state index contributed by atoms with van der Waals surface area (Å²) in [5.74, 6) is 0.106. The van der Waals surface area contributed by atoms with Crippen LogP contribution in [0.25, 0.3) is 0 Å².